The molecule has 0 heterocycles. The Bertz CT molecular complexity index is 120. The van der Waals surface area contributed by atoms with Gasteiger partial charge in [-0.3, -0.25) is 0 Å². The molecule has 0 aromatic rings. The van der Waals surface area contributed by atoms with Crippen LogP contribution in [0.25, 0.3) is 0 Å². The molecule has 11 heavy (non-hydrogen) atoms. The second kappa shape index (κ2) is 4.43. The lowest BCUT2D eigenvalue weighted by Crippen LogP contribution is -1.89. The minimum Gasteiger partial charge on any atom is -0.0928 e. The summed E-state index contributed by atoms with van der Waals surface area (Å²) >= 11 is 14.3. The van der Waals surface area contributed by atoms with Crippen molar-refractivity contribution >= 4 is 63.7 Å². The minimum absolute atomic E-state index is 0.252. The van der Waals surface area contributed by atoms with Crippen LogP contribution in [0.15, 0.2) is 0 Å². The van der Waals surface area contributed by atoms with Crippen LogP contribution >= 0.6 is 63.7 Å². The van der Waals surface area contributed by atoms with Gasteiger partial charge in [0.05, 0.1) is 3.23 Å². The fourth-order valence-electron chi connectivity index (χ4n) is 1.48. The van der Waals surface area contributed by atoms with Crippen LogP contribution in [0, 0.1) is 11.8 Å². The van der Waals surface area contributed by atoms with Gasteiger partial charge in [0, 0.05) is 10.7 Å². The normalized spacial score (nSPS) is 33.8. The fourth-order valence-corrected chi connectivity index (χ4v) is 4.40. The van der Waals surface area contributed by atoms with Crippen LogP contribution in [0.5, 0.6) is 0 Å². The Morgan fingerprint density at radius 3 is 1.55 bits per heavy atom. The van der Waals surface area contributed by atoms with Crippen LogP contribution < -0.4 is 0 Å². The van der Waals surface area contributed by atoms with E-state index in [9.17, 15) is 0 Å². The summed E-state index contributed by atoms with van der Waals surface area (Å²) in [5, 5.41) is 2.21. The summed E-state index contributed by atoms with van der Waals surface area (Å²) in [4.78, 5) is 0. The maximum absolute atomic E-state index is 3.70. The molecule has 66 valence electrons. The van der Waals surface area contributed by atoms with E-state index >= 15 is 0 Å². The van der Waals surface area contributed by atoms with Crippen molar-refractivity contribution in [3.05, 3.63) is 0 Å². The molecule has 1 aliphatic rings. The zero-order valence-electron chi connectivity index (χ0n) is 5.99. The smallest absolute Gasteiger partial charge is 0.0869 e. The standard InChI is InChI=1S/C7H10Br4/c8-3-1-5-6(2-4-9)7(5,10)11/h5-6H,1-4H2/t5-,6-/m1/s1. The molecule has 0 nitrogen and oxygen atoms in total. The Kier molecular flexibility index (Phi) is 4.43. The molecule has 0 spiro atoms. The topological polar surface area (TPSA) is 0 Å². The van der Waals surface area contributed by atoms with Crippen molar-refractivity contribution in [3.63, 3.8) is 0 Å². The van der Waals surface area contributed by atoms with E-state index in [0.717, 1.165) is 22.5 Å². The summed E-state index contributed by atoms with van der Waals surface area (Å²) < 4.78 is 0.252. The number of hydrogen-bond acceptors (Lipinski definition) is 0. The van der Waals surface area contributed by atoms with Gasteiger partial charge in [0.1, 0.15) is 0 Å². The van der Waals surface area contributed by atoms with E-state index < -0.39 is 0 Å². The molecule has 0 bridgehead atoms. The molecular formula is C7H10Br4. The van der Waals surface area contributed by atoms with E-state index in [0.29, 0.717) is 0 Å². The summed E-state index contributed by atoms with van der Waals surface area (Å²) in [6.07, 6.45) is 2.52. The van der Waals surface area contributed by atoms with Gasteiger partial charge < -0.3 is 0 Å². The van der Waals surface area contributed by atoms with Gasteiger partial charge in [-0.15, -0.1) is 0 Å². The fraction of sp³-hybridized carbons (Fsp3) is 1.00. The van der Waals surface area contributed by atoms with Crippen LogP contribution in [-0.2, 0) is 0 Å². The third-order valence-electron chi connectivity index (χ3n) is 2.21. The van der Waals surface area contributed by atoms with Crippen molar-refractivity contribution in [3.8, 4) is 0 Å². The Labute approximate surface area is 101 Å². The van der Waals surface area contributed by atoms with Crippen molar-refractivity contribution in [1.29, 1.82) is 0 Å². The number of halogens is 4. The highest BCUT2D eigenvalue weighted by molar-refractivity contribution is 9.25. The second-order valence-electron chi connectivity index (χ2n) is 2.84. The summed E-state index contributed by atoms with van der Waals surface area (Å²) in [5.41, 5.74) is 0. The lowest BCUT2D eigenvalue weighted by Gasteiger charge is -1.94. The third kappa shape index (κ3) is 2.44. The Morgan fingerprint density at radius 2 is 1.27 bits per heavy atom. The van der Waals surface area contributed by atoms with Crippen LogP contribution in [0.4, 0.5) is 0 Å². The molecule has 1 aliphatic carbocycles. The average molecular weight is 414 g/mol. The predicted molar refractivity (Wildman–Crippen MR) is 64.4 cm³/mol. The number of hydrogen-bond donors (Lipinski definition) is 0. The Balaban J connectivity index is 2.34. The van der Waals surface area contributed by atoms with Gasteiger partial charge in [-0.2, -0.15) is 0 Å². The number of rotatable bonds is 4. The molecule has 0 aliphatic heterocycles. The van der Waals surface area contributed by atoms with Gasteiger partial charge in [-0.25, -0.2) is 0 Å². The summed E-state index contributed by atoms with van der Waals surface area (Å²) in [6.45, 7) is 0. The first-order valence-electron chi connectivity index (χ1n) is 3.64. The molecule has 0 unspecified atom stereocenters. The maximum atomic E-state index is 3.70. The van der Waals surface area contributed by atoms with E-state index in [1.165, 1.54) is 12.8 Å². The quantitative estimate of drug-likeness (QED) is 0.603. The lowest BCUT2D eigenvalue weighted by molar-refractivity contribution is 0.675. The highest BCUT2D eigenvalue weighted by Crippen LogP contribution is 2.64. The molecule has 0 radical (unpaired) electrons. The summed E-state index contributed by atoms with van der Waals surface area (Å²) in [7, 11) is 0. The van der Waals surface area contributed by atoms with Crippen molar-refractivity contribution < 1.29 is 0 Å². The molecule has 1 saturated carbocycles. The molecule has 1 rings (SSSR count). The molecule has 4 heteroatoms. The van der Waals surface area contributed by atoms with E-state index in [-0.39, 0.29) is 3.23 Å². The Hall–Kier alpha value is 1.92. The largest absolute Gasteiger partial charge is 0.0928 e. The minimum atomic E-state index is 0.252. The van der Waals surface area contributed by atoms with E-state index in [1.807, 2.05) is 0 Å². The van der Waals surface area contributed by atoms with Gasteiger partial charge in [0.15, 0.2) is 0 Å². The van der Waals surface area contributed by atoms with Crippen LogP contribution in [-0.4, -0.2) is 13.9 Å². The molecule has 1 fully saturated rings. The highest BCUT2D eigenvalue weighted by Gasteiger charge is 2.59. The first kappa shape index (κ1) is 11.0. The van der Waals surface area contributed by atoms with Crippen molar-refractivity contribution in [1.82, 2.24) is 0 Å². The van der Waals surface area contributed by atoms with Crippen LogP contribution in [0.1, 0.15) is 12.8 Å². The molecular weight excluding hydrogens is 404 g/mol. The molecule has 0 N–H and O–H groups in total. The first-order chi connectivity index (χ1) is 5.14. The first-order valence-corrected chi connectivity index (χ1v) is 7.47. The maximum Gasteiger partial charge on any atom is 0.0869 e. The zero-order chi connectivity index (χ0) is 8.48. The van der Waals surface area contributed by atoms with Crippen LogP contribution in [0.3, 0.4) is 0 Å². The molecule has 0 amide bonds. The molecule has 2 atom stereocenters. The van der Waals surface area contributed by atoms with E-state index in [1.54, 1.807) is 0 Å². The van der Waals surface area contributed by atoms with Gasteiger partial charge in [0.2, 0.25) is 0 Å². The van der Waals surface area contributed by atoms with Crippen molar-refractivity contribution in [2.45, 2.75) is 16.1 Å². The summed E-state index contributed by atoms with van der Waals surface area (Å²) in [5.74, 6) is 1.61. The van der Waals surface area contributed by atoms with Gasteiger partial charge in [-0.1, -0.05) is 63.7 Å². The van der Waals surface area contributed by atoms with Crippen molar-refractivity contribution in [2.75, 3.05) is 10.7 Å². The van der Waals surface area contributed by atoms with Gasteiger partial charge >= 0.3 is 0 Å². The molecule has 0 saturated heterocycles. The average Bonchev–Trinajstić information content (AvgIpc) is 2.41. The van der Waals surface area contributed by atoms with E-state index in [4.69, 9.17) is 0 Å². The SMILES string of the molecule is BrCC[C@@H]1[C@@H](CCBr)C1(Br)Br. The zero-order valence-corrected chi connectivity index (χ0v) is 12.3. The Morgan fingerprint density at radius 1 is 0.909 bits per heavy atom. The van der Waals surface area contributed by atoms with Crippen LogP contribution in [0.2, 0.25) is 0 Å². The summed E-state index contributed by atoms with van der Waals surface area (Å²) in [6, 6.07) is 0. The lowest BCUT2D eigenvalue weighted by atomic mass is 10.2. The van der Waals surface area contributed by atoms with Crippen molar-refractivity contribution in [2.24, 2.45) is 11.8 Å². The number of alkyl halides is 4. The van der Waals surface area contributed by atoms with Gasteiger partial charge in [0.25, 0.3) is 0 Å². The third-order valence-corrected chi connectivity index (χ3v) is 5.47. The highest BCUT2D eigenvalue weighted by atomic mass is 79.9. The molecule has 0 aromatic heterocycles. The van der Waals surface area contributed by atoms with Gasteiger partial charge in [-0.05, 0) is 24.7 Å². The van der Waals surface area contributed by atoms with E-state index in [2.05, 4.69) is 63.7 Å². The predicted octanol–water partition coefficient (Wildman–Crippen LogP) is 4.29. The second-order valence-corrected chi connectivity index (χ2v) is 8.12. The molecule has 0 aromatic carbocycles. The monoisotopic (exact) mass is 410 g/mol.